The largest absolute Gasteiger partial charge is 0.394 e. The van der Waals surface area contributed by atoms with Crippen LogP contribution in [0.25, 0.3) is 0 Å². The standard InChI is InChI=1S/C22H43N5O11/c1-26-11-10(5-28)35-22(17(33)14(11)30)38-21-12(27-2)15(31)19-9(34-21)4-8(25)20(37-19)36-18-7(24)3-6(23)13(29)16(18)32/h6-22,26-33H,3-5,23-25H2,1-2H3/t6-,7?,8?,9+,10?,11-,12?,13?,14+,15?,16-,17?,18-,19?,20+,21?,22-/m1/s1. The SMILES string of the molecule is CNC1C(O[C@H]2OC(CO)[C@@H](NC)[C@H](O)C2O)O[C@H]2CC(N)[C@@H](O[C@@H]3C(N)C[C@@H](N)C(O)[C@H]3O)OC2C1O. The maximum absolute atomic E-state index is 11.2. The maximum Gasteiger partial charge on any atom is 0.189 e. The number of nitrogens with two attached hydrogens (primary N) is 3. The van der Waals surface area contributed by atoms with Gasteiger partial charge in [-0.15, -0.1) is 0 Å². The zero-order valence-corrected chi connectivity index (χ0v) is 21.4. The molecule has 38 heavy (non-hydrogen) atoms. The lowest BCUT2D eigenvalue weighted by molar-refractivity contribution is -0.373. The Bertz CT molecular complexity index is 771. The van der Waals surface area contributed by atoms with Crippen molar-refractivity contribution in [1.82, 2.24) is 10.6 Å². The molecule has 0 spiro atoms. The Morgan fingerprint density at radius 2 is 1.37 bits per heavy atom. The third kappa shape index (κ3) is 5.73. The lowest BCUT2D eigenvalue weighted by Crippen LogP contribution is -2.70. The normalized spacial score (nSPS) is 53.9. The van der Waals surface area contributed by atoms with Crippen molar-refractivity contribution >= 4 is 0 Å². The Morgan fingerprint density at radius 3 is 2.00 bits per heavy atom. The van der Waals surface area contributed by atoms with Gasteiger partial charge in [-0.25, -0.2) is 0 Å². The first kappa shape index (κ1) is 30.3. The van der Waals surface area contributed by atoms with Gasteiger partial charge in [-0.1, -0.05) is 0 Å². The van der Waals surface area contributed by atoms with Crippen LogP contribution in [-0.2, 0) is 23.7 Å². The lowest BCUT2D eigenvalue weighted by atomic mass is 9.84. The zero-order valence-electron chi connectivity index (χ0n) is 21.4. The number of hydrogen-bond acceptors (Lipinski definition) is 16. The monoisotopic (exact) mass is 553 g/mol. The minimum absolute atomic E-state index is 0.167. The first-order valence-corrected chi connectivity index (χ1v) is 12.9. The molecule has 1 aliphatic carbocycles. The van der Waals surface area contributed by atoms with Crippen LogP contribution < -0.4 is 27.8 Å². The summed E-state index contributed by atoms with van der Waals surface area (Å²) in [6.07, 6.45) is -13.3. The summed E-state index contributed by atoms with van der Waals surface area (Å²) >= 11 is 0. The summed E-state index contributed by atoms with van der Waals surface area (Å²) in [6, 6.07) is -3.72. The molecule has 0 aromatic rings. The summed E-state index contributed by atoms with van der Waals surface area (Å²) < 4.78 is 29.5. The second-order valence-electron chi connectivity index (χ2n) is 10.5. The number of ether oxygens (including phenoxy) is 5. The van der Waals surface area contributed by atoms with Gasteiger partial charge in [0.05, 0.1) is 36.9 Å². The summed E-state index contributed by atoms with van der Waals surface area (Å²) in [5.74, 6) is 0. The molecule has 4 aliphatic rings. The molecular weight excluding hydrogens is 510 g/mol. The minimum Gasteiger partial charge on any atom is -0.394 e. The average Bonchev–Trinajstić information content (AvgIpc) is 2.88. The van der Waals surface area contributed by atoms with Gasteiger partial charge in [0, 0.05) is 12.1 Å². The van der Waals surface area contributed by atoms with Crippen LogP contribution in [0.3, 0.4) is 0 Å². The van der Waals surface area contributed by atoms with Crippen molar-refractivity contribution in [3.63, 3.8) is 0 Å². The second-order valence-corrected chi connectivity index (χ2v) is 10.5. The first-order valence-electron chi connectivity index (χ1n) is 12.9. The summed E-state index contributed by atoms with van der Waals surface area (Å²) in [7, 11) is 3.13. The van der Waals surface area contributed by atoms with Crippen molar-refractivity contribution in [1.29, 1.82) is 0 Å². The molecule has 3 saturated heterocycles. The van der Waals surface area contributed by atoms with Crippen molar-refractivity contribution in [2.45, 2.75) is 117 Å². The highest BCUT2D eigenvalue weighted by atomic mass is 16.8. The molecular formula is C22H43N5O11. The molecule has 0 aromatic carbocycles. The summed E-state index contributed by atoms with van der Waals surface area (Å²) in [5, 5.41) is 68.2. The van der Waals surface area contributed by atoms with E-state index in [1.807, 2.05) is 0 Å². The van der Waals surface area contributed by atoms with Gasteiger partial charge in [0.1, 0.15) is 42.7 Å². The Hall–Kier alpha value is -0.640. The molecule has 222 valence electrons. The van der Waals surface area contributed by atoms with Crippen LogP contribution >= 0.6 is 0 Å². The average molecular weight is 554 g/mol. The Kier molecular flexibility index (Phi) is 9.96. The number of likely N-dealkylation sites (N-methyl/N-ethyl adjacent to an activating group) is 2. The highest BCUT2D eigenvalue weighted by Crippen LogP contribution is 2.35. The minimum atomic E-state index is -1.47. The molecule has 0 aromatic heterocycles. The van der Waals surface area contributed by atoms with E-state index in [4.69, 9.17) is 40.9 Å². The van der Waals surface area contributed by atoms with Crippen molar-refractivity contribution in [3.05, 3.63) is 0 Å². The fourth-order valence-electron chi connectivity index (χ4n) is 5.78. The van der Waals surface area contributed by atoms with Crippen LogP contribution in [0.1, 0.15) is 12.8 Å². The predicted molar refractivity (Wildman–Crippen MR) is 128 cm³/mol. The molecule has 1 saturated carbocycles. The first-order chi connectivity index (χ1) is 18.0. The Morgan fingerprint density at radius 1 is 0.684 bits per heavy atom. The van der Waals surface area contributed by atoms with Gasteiger partial charge in [0.25, 0.3) is 0 Å². The summed E-state index contributed by atoms with van der Waals surface area (Å²) in [6.45, 7) is -0.435. The number of nitrogens with one attached hydrogen (secondary N) is 2. The van der Waals surface area contributed by atoms with Crippen LogP contribution in [0.2, 0.25) is 0 Å². The van der Waals surface area contributed by atoms with E-state index in [9.17, 15) is 30.6 Å². The molecule has 0 bridgehead atoms. The Labute approximate surface area is 220 Å². The number of rotatable bonds is 7. The second kappa shape index (κ2) is 12.5. The van der Waals surface area contributed by atoms with Crippen LogP contribution in [0, 0.1) is 0 Å². The van der Waals surface area contributed by atoms with Crippen molar-refractivity contribution in [2.24, 2.45) is 17.2 Å². The van der Waals surface area contributed by atoms with Gasteiger partial charge in [-0.2, -0.15) is 0 Å². The molecule has 4 fully saturated rings. The van der Waals surface area contributed by atoms with Crippen LogP contribution in [0.5, 0.6) is 0 Å². The molecule has 16 nitrogen and oxygen atoms in total. The quantitative estimate of drug-likeness (QED) is 0.140. The molecule has 16 heteroatoms. The van der Waals surface area contributed by atoms with Crippen molar-refractivity contribution in [3.8, 4) is 0 Å². The van der Waals surface area contributed by atoms with Crippen molar-refractivity contribution in [2.75, 3.05) is 20.7 Å². The highest BCUT2D eigenvalue weighted by Gasteiger charge is 2.54. The number of fused-ring (bicyclic) bond motifs is 1. The van der Waals surface area contributed by atoms with E-state index in [2.05, 4.69) is 10.6 Å². The fourth-order valence-corrected chi connectivity index (χ4v) is 5.78. The molecule has 9 unspecified atom stereocenters. The molecule has 14 N–H and O–H groups in total. The summed E-state index contributed by atoms with van der Waals surface area (Å²) in [4.78, 5) is 0. The molecule has 0 radical (unpaired) electrons. The van der Waals surface area contributed by atoms with E-state index < -0.39 is 111 Å². The number of aliphatic hydroxyl groups excluding tert-OH is 6. The van der Waals surface area contributed by atoms with E-state index in [1.54, 1.807) is 14.1 Å². The van der Waals surface area contributed by atoms with Gasteiger partial charge < -0.3 is 82.2 Å². The molecule has 3 aliphatic heterocycles. The number of aliphatic hydroxyl groups is 6. The van der Waals surface area contributed by atoms with E-state index in [1.165, 1.54) is 0 Å². The fraction of sp³-hybridized carbons (Fsp3) is 1.00. The maximum atomic E-state index is 11.2. The molecule has 4 rings (SSSR count). The third-order valence-electron chi connectivity index (χ3n) is 8.02. The zero-order chi connectivity index (χ0) is 27.9. The third-order valence-corrected chi connectivity index (χ3v) is 8.02. The van der Waals surface area contributed by atoms with Crippen molar-refractivity contribution < 1.29 is 54.3 Å². The van der Waals surface area contributed by atoms with Crippen LogP contribution in [0.4, 0.5) is 0 Å². The van der Waals surface area contributed by atoms with E-state index in [0.717, 1.165) is 0 Å². The van der Waals surface area contributed by atoms with E-state index in [0.29, 0.717) is 0 Å². The predicted octanol–water partition coefficient (Wildman–Crippen LogP) is -6.69. The smallest absolute Gasteiger partial charge is 0.189 e. The van der Waals surface area contributed by atoms with Gasteiger partial charge in [0.2, 0.25) is 0 Å². The van der Waals surface area contributed by atoms with Crippen LogP contribution in [0.15, 0.2) is 0 Å². The molecule has 0 amide bonds. The lowest BCUT2D eigenvalue weighted by Gasteiger charge is -2.51. The molecule has 3 heterocycles. The van der Waals surface area contributed by atoms with Gasteiger partial charge in [0.15, 0.2) is 18.9 Å². The summed E-state index contributed by atoms with van der Waals surface area (Å²) in [5.41, 5.74) is 18.2. The van der Waals surface area contributed by atoms with E-state index >= 15 is 0 Å². The van der Waals surface area contributed by atoms with Gasteiger partial charge >= 0.3 is 0 Å². The topological polar surface area (TPSA) is 270 Å². The van der Waals surface area contributed by atoms with Gasteiger partial charge in [-0.3, -0.25) is 0 Å². The van der Waals surface area contributed by atoms with E-state index in [-0.39, 0.29) is 12.8 Å². The Balaban J connectivity index is 1.43. The van der Waals surface area contributed by atoms with Gasteiger partial charge in [-0.05, 0) is 26.9 Å². The highest BCUT2D eigenvalue weighted by molar-refractivity contribution is 5.02. The molecule has 17 atom stereocenters. The number of hydrogen-bond donors (Lipinski definition) is 11. The van der Waals surface area contributed by atoms with Crippen LogP contribution in [-0.4, -0.2) is 155 Å².